The lowest BCUT2D eigenvalue weighted by molar-refractivity contribution is 0.120. The summed E-state index contributed by atoms with van der Waals surface area (Å²) in [5.41, 5.74) is 0. The molecule has 0 bridgehead atoms. The van der Waals surface area contributed by atoms with E-state index in [1.54, 1.807) is 12.3 Å². The van der Waals surface area contributed by atoms with E-state index < -0.39 is 29.1 Å². The Morgan fingerprint density at radius 2 is 1.88 bits per heavy atom. The molecule has 0 saturated heterocycles. The third-order valence-corrected chi connectivity index (χ3v) is 6.07. The molecule has 5 heteroatoms. The van der Waals surface area contributed by atoms with Crippen LogP contribution in [0.15, 0.2) is 24.3 Å². The Morgan fingerprint density at radius 1 is 1.12 bits per heavy atom. The molecule has 0 aromatic carbocycles. The zero-order valence-corrected chi connectivity index (χ0v) is 17.2. The maximum absolute atomic E-state index is 11.0. The monoisotopic (exact) mass is 386 g/mol. The maximum atomic E-state index is 11.0. The molecule has 0 heterocycles. The molecular formula is C21H38O4S. The van der Waals surface area contributed by atoms with E-state index in [-0.39, 0.29) is 11.8 Å². The molecule has 4 nitrogen and oxygen atoms in total. The van der Waals surface area contributed by atoms with Crippen LogP contribution >= 0.6 is 0 Å². The van der Waals surface area contributed by atoms with E-state index in [0.29, 0.717) is 6.42 Å². The summed E-state index contributed by atoms with van der Waals surface area (Å²) in [6.45, 7) is 2.14. The lowest BCUT2D eigenvalue weighted by Crippen LogP contribution is -2.20. The topological polar surface area (TPSA) is 77.8 Å². The normalized spacial score (nSPS) is 29.0. The van der Waals surface area contributed by atoms with Crippen molar-refractivity contribution in [3.05, 3.63) is 24.3 Å². The van der Waals surface area contributed by atoms with Crippen molar-refractivity contribution in [2.45, 2.75) is 83.0 Å². The van der Waals surface area contributed by atoms with Gasteiger partial charge in [0.1, 0.15) is 0 Å². The van der Waals surface area contributed by atoms with Crippen LogP contribution in [0.5, 0.6) is 0 Å². The third kappa shape index (κ3) is 9.45. The highest BCUT2D eigenvalue weighted by atomic mass is 32.2. The van der Waals surface area contributed by atoms with Crippen molar-refractivity contribution in [3.63, 3.8) is 0 Å². The van der Waals surface area contributed by atoms with E-state index in [0.717, 1.165) is 57.1 Å². The summed E-state index contributed by atoms with van der Waals surface area (Å²) < 4.78 is 11.0. The van der Waals surface area contributed by atoms with E-state index in [9.17, 15) is 19.5 Å². The van der Waals surface area contributed by atoms with Gasteiger partial charge in [0.05, 0.1) is 18.3 Å². The molecule has 0 spiro atoms. The standard InChI is InChI=1S/C21H38O4S/c1-3-4-8-11-17(22)13-14-19-18(20(23)16-21(19)24)12-9-6-5-7-10-15-26(2)25/h6,9,13-14,17-24H,3-5,7-8,10-12,15-16H2,1-2H3/b9-6-,14-13+/t17-,18+,19+,20-,21+,26?/m0/s1. The molecule has 0 aliphatic heterocycles. The number of aliphatic hydroxyl groups excluding tert-OH is 3. The fraction of sp³-hybridized carbons (Fsp3) is 0.810. The van der Waals surface area contributed by atoms with Crippen LogP contribution in [0.3, 0.4) is 0 Å². The second kappa shape index (κ2) is 13.6. The van der Waals surface area contributed by atoms with Gasteiger partial charge in [-0.1, -0.05) is 50.5 Å². The first-order valence-corrected chi connectivity index (χ1v) is 11.9. The molecule has 1 rings (SSSR count). The Hall–Kier alpha value is -0.490. The van der Waals surface area contributed by atoms with Gasteiger partial charge in [-0.15, -0.1) is 0 Å². The molecule has 6 atom stereocenters. The lowest BCUT2D eigenvalue weighted by atomic mass is 9.89. The van der Waals surface area contributed by atoms with Crippen LogP contribution in [0.25, 0.3) is 0 Å². The van der Waals surface area contributed by atoms with Crippen LogP contribution in [0.4, 0.5) is 0 Å². The predicted molar refractivity (Wildman–Crippen MR) is 109 cm³/mol. The van der Waals surface area contributed by atoms with Crippen molar-refractivity contribution in [2.24, 2.45) is 11.8 Å². The molecule has 3 N–H and O–H groups in total. The van der Waals surface area contributed by atoms with Crippen molar-refractivity contribution in [2.75, 3.05) is 12.0 Å². The highest BCUT2D eigenvalue weighted by molar-refractivity contribution is 7.84. The molecule has 0 aromatic heterocycles. The van der Waals surface area contributed by atoms with Gasteiger partial charge < -0.3 is 15.3 Å². The van der Waals surface area contributed by atoms with E-state index in [1.165, 1.54) is 0 Å². The molecule has 26 heavy (non-hydrogen) atoms. The summed E-state index contributed by atoms with van der Waals surface area (Å²) >= 11 is 0. The van der Waals surface area contributed by atoms with E-state index in [2.05, 4.69) is 19.1 Å². The average molecular weight is 387 g/mol. The van der Waals surface area contributed by atoms with E-state index in [1.807, 2.05) is 6.08 Å². The molecule has 0 radical (unpaired) electrons. The summed E-state index contributed by atoms with van der Waals surface area (Å²) in [7, 11) is -0.711. The fourth-order valence-electron chi connectivity index (χ4n) is 3.60. The Morgan fingerprint density at radius 3 is 2.58 bits per heavy atom. The van der Waals surface area contributed by atoms with E-state index >= 15 is 0 Å². The molecule has 1 unspecified atom stereocenters. The number of hydrogen-bond donors (Lipinski definition) is 3. The van der Waals surface area contributed by atoms with Crippen molar-refractivity contribution in [3.8, 4) is 0 Å². The fourth-order valence-corrected chi connectivity index (χ4v) is 4.21. The Balaban J connectivity index is 2.42. The number of hydrogen-bond acceptors (Lipinski definition) is 4. The van der Waals surface area contributed by atoms with Gasteiger partial charge in [0.15, 0.2) is 0 Å². The number of unbranched alkanes of at least 4 members (excludes halogenated alkanes) is 4. The molecular weight excluding hydrogens is 348 g/mol. The highest BCUT2D eigenvalue weighted by Crippen LogP contribution is 2.36. The second-order valence-electron chi connectivity index (χ2n) is 7.54. The highest BCUT2D eigenvalue weighted by Gasteiger charge is 2.39. The Kier molecular flexibility index (Phi) is 12.4. The summed E-state index contributed by atoms with van der Waals surface area (Å²) in [6.07, 6.45) is 16.3. The summed E-state index contributed by atoms with van der Waals surface area (Å²) in [6, 6.07) is 0. The zero-order chi connectivity index (χ0) is 19.4. The van der Waals surface area contributed by atoms with Crippen molar-refractivity contribution in [1.82, 2.24) is 0 Å². The van der Waals surface area contributed by atoms with Crippen molar-refractivity contribution >= 4 is 10.8 Å². The molecule has 1 aliphatic carbocycles. The largest absolute Gasteiger partial charge is 0.393 e. The Labute approximate surface area is 161 Å². The van der Waals surface area contributed by atoms with Crippen LogP contribution in [0.2, 0.25) is 0 Å². The molecule has 1 saturated carbocycles. The van der Waals surface area contributed by atoms with Gasteiger partial charge >= 0.3 is 0 Å². The quantitative estimate of drug-likeness (QED) is 0.335. The average Bonchev–Trinajstić information content (AvgIpc) is 2.85. The van der Waals surface area contributed by atoms with Gasteiger partial charge in [0.25, 0.3) is 0 Å². The first-order valence-electron chi connectivity index (χ1n) is 10.1. The van der Waals surface area contributed by atoms with Crippen molar-refractivity contribution < 1.29 is 19.5 Å². The number of aliphatic hydroxyl groups is 3. The molecule has 1 aliphatic rings. The molecule has 0 aromatic rings. The van der Waals surface area contributed by atoms with Gasteiger partial charge in [-0.25, -0.2) is 0 Å². The van der Waals surface area contributed by atoms with Crippen LogP contribution in [-0.4, -0.2) is 49.8 Å². The minimum absolute atomic E-state index is 0.00323. The second-order valence-corrected chi connectivity index (χ2v) is 9.09. The SMILES string of the molecule is CCCCC[C@H](O)/C=C/[C@@H]1[C@@H](C/C=C\CCCCS(C)=O)[C@@H](O)C[C@H]1O. The van der Waals surface area contributed by atoms with Crippen LogP contribution < -0.4 is 0 Å². The molecule has 152 valence electrons. The predicted octanol–water partition coefficient (Wildman–Crippen LogP) is 3.34. The minimum Gasteiger partial charge on any atom is -0.393 e. The minimum atomic E-state index is -0.711. The zero-order valence-electron chi connectivity index (χ0n) is 16.4. The number of allylic oxidation sites excluding steroid dienone is 2. The maximum Gasteiger partial charge on any atom is 0.0721 e. The Bertz CT molecular complexity index is 449. The molecule has 0 amide bonds. The first-order chi connectivity index (χ1) is 12.5. The lowest BCUT2D eigenvalue weighted by Gasteiger charge is -2.19. The van der Waals surface area contributed by atoms with Gasteiger partial charge in [-0.3, -0.25) is 4.21 Å². The van der Waals surface area contributed by atoms with E-state index in [4.69, 9.17) is 0 Å². The van der Waals surface area contributed by atoms with Crippen LogP contribution in [0, 0.1) is 11.8 Å². The van der Waals surface area contributed by atoms with Gasteiger partial charge in [0, 0.05) is 35.1 Å². The summed E-state index contributed by atoms with van der Waals surface area (Å²) in [5.74, 6) is 0.663. The first kappa shape index (κ1) is 23.5. The van der Waals surface area contributed by atoms with Crippen LogP contribution in [-0.2, 0) is 10.8 Å². The number of rotatable bonds is 13. The van der Waals surface area contributed by atoms with Crippen molar-refractivity contribution in [1.29, 1.82) is 0 Å². The van der Waals surface area contributed by atoms with Gasteiger partial charge in [-0.2, -0.15) is 0 Å². The van der Waals surface area contributed by atoms with Crippen LogP contribution in [0.1, 0.15) is 64.7 Å². The van der Waals surface area contributed by atoms with Gasteiger partial charge in [0.2, 0.25) is 0 Å². The third-order valence-electron chi connectivity index (χ3n) is 5.20. The summed E-state index contributed by atoms with van der Waals surface area (Å²) in [4.78, 5) is 0. The molecule has 1 fully saturated rings. The smallest absolute Gasteiger partial charge is 0.0721 e. The van der Waals surface area contributed by atoms with Gasteiger partial charge in [-0.05, 0) is 38.0 Å². The summed E-state index contributed by atoms with van der Waals surface area (Å²) in [5, 5.41) is 30.5.